The molecule has 0 bridgehead atoms. The van der Waals surface area contributed by atoms with Gasteiger partial charge in [0.15, 0.2) is 11.6 Å². The Morgan fingerprint density at radius 2 is 1.67 bits per heavy atom. The first-order chi connectivity index (χ1) is 23.5. The monoisotopic (exact) mass is 670 g/mol. The maximum Gasteiger partial charge on any atom is 0.491 e. The van der Waals surface area contributed by atoms with Gasteiger partial charge in [0.25, 0.3) is 11.8 Å². The third-order valence-electron chi connectivity index (χ3n) is 7.62. The number of alkyl halides is 3. The van der Waals surface area contributed by atoms with E-state index in [-0.39, 0.29) is 23.7 Å². The SMILES string of the molecule is CN1C(=O)C(c2ccccc2)N(C(CC(=O)OC(=O)C(F)(F)F)c2ccccc2)C(=O)c2cc(C#CCCOc3cccnc3N)ccc21. The number of esters is 2. The highest BCUT2D eigenvalue weighted by molar-refractivity contribution is 6.11. The van der Waals surface area contributed by atoms with Crippen molar-refractivity contribution in [1.29, 1.82) is 0 Å². The second kappa shape index (κ2) is 14.7. The highest BCUT2D eigenvalue weighted by atomic mass is 19.4. The van der Waals surface area contributed by atoms with Crippen molar-refractivity contribution >= 4 is 35.3 Å². The number of nitrogens with zero attached hydrogens (tertiary/aromatic N) is 3. The average molecular weight is 671 g/mol. The third-order valence-corrected chi connectivity index (χ3v) is 7.62. The van der Waals surface area contributed by atoms with Crippen LogP contribution < -0.4 is 15.4 Å². The molecule has 0 spiro atoms. The fourth-order valence-electron chi connectivity index (χ4n) is 5.33. The number of nitrogens with two attached hydrogens (primary N) is 1. The van der Waals surface area contributed by atoms with Gasteiger partial charge < -0.3 is 25.0 Å². The number of rotatable bonds is 8. The first-order valence-electron chi connectivity index (χ1n) is 14.9. The van der Waals surface area contributed by atoms with E-state index in [1.807, 2.05) is 0 Å². The van der Waals surface area contributed by atoms with E-state index in [9.17, 15) is 32.3 Å². The molecule has 2 atom stereocenters. The molecule has 1 aliphatic heterocycles. The quantitative estimate of drug-likeness (QED) is 0.114. The molecule has 4 aromatic rings. The number of anilines is 2. The summed E-state index contributed by atoms with van der Waals surface area (Å²) in [6.45, 7) is 0.211. The molecule has 2 amide bonds. The van der Waals surface area contributed by atoms with Crippen molar-refractivity contribution in [2.24, 2.45) is 0 Å². The van der Waals surface area contributed by atoms with E-state index in [0.717, 1.165) is 4.90 Å². The number of carbonyl (C=O) groups excluding carboxylic acids is 4. The first kappa shape index (κ1) is 34.2. The fraction of sp³-hybridized carbons (Fsp3) is 0.194. The Labute approximate surface area is 279 Å². The number of halogens is 3. The lowest BCUT2D eigenvalue weighted by Crippen LogP contribution is -2.44. The van der Waals surface area contributed by atoms with Crippen molar-refractivity contribution in [2.75, 3.05) is 24.3 Å². The molecule has 49 heavy (non-hydrogen) atoms. The maximum absolute atomic E-state index is 14.7. The van der Waals surface area contributed by atoms with Gasteiger partial charge in [0.05, 0.1) is 30.3 Å². The van der Waals surface area contributed by atoms with E-state index >= 15 is 0 Å². The molecule has 2 heterocycles. The Bertz CT molecular complexity index is 1930. The number of nitrogen functional groups attached to an aromatic ring is 1. The molecular formula is C36H29F3N4O6. The molecule has 0 aliphatic carbocycles. The Kier molecular flexibility index (Phi) is 10.3. The van der Waals surface area contributed by atoms with Gasteiger partial charge in [0.2, 0.25) is 0 Å². The van der Waals surface area contributed by atoms with Gasteiger partial charge in [-0.15, -0.1) is 0 Å². The van der Waals surface area contributed by atoms with Crippen molar-refractivity contribution in [1.82, 2.24) is 9.88 Å². The van der Waals surface area contributed by atoms with Gasteiger partial charge >= 0.3 is 18.1 Å². The van der Waals surface area contributed by atoms with Gasteiger partial charge in [-0.05, 0) is 41.5 Å². The topological polar surface area (TPSA) is 132 Å². The van der Waals surface area contributed by atoms with Crippen LogP contribution in [0, 0.1) is 11.8 Å². The highest BCUT2D eigenvalue weighted by Gasteiger charge is 2.46. The zero-order valence-corrected chi connectivity index (χ0v) is 26.0. The number of carbonyl (C=O) groups is 4. The maximum atomic E-state index is 14.7. The Morgan fingerprint density at radius 3 is 2.35 bits per heavy atom. The minimum Gasteiger partial charge on any atom is -0.489 e. The van der Waals surface area contributed by atoms with E-state index in [0.29, 0.717) is 28.9 Å². The minimum atomic E-state index is -5.42. The molecule has 0 saturated heterocycles. The van der Waals surface area contributed by atoms with Crippen LogP contribution in [0.5, 0.6) is 5.75 Å². The van der Waals surface area contributed by atoms with Crippen LogP contribution in [0.2, 0.25) is 0 Å². The van der Waals surface area contributed by atoms with Gasteiger partial charge in [0.1, 0.15) is 6.04 Å². The molecule has 1 aliphatic rings. The molecule has 3 aromatic carbocycles. The first-order valence-corrected chi connectivity index (χ1v) is 14.9. The molecule has 1 aromatic heterocycles. The number of hydrogen-bond acceptors (Lipinski definition) is 8. The summed E-state index contributed by atoms with van der Waals surface area (Å²) in [6.07, 6.45) is -4.45. The normalized spacial score (nSPS) is 15.0. The van der Waals surface area contributed by atoms with E-state index in [2.05, 4.69) is 21.6 Å². The van der Waals surface area contributed by atoms with Crippen molar-refractivity contribution in [3.8, 4) is 17.6 Å². The standard InChI is InChI=1S/C36H29F3N4O6/c1-42-27-18-17-23(11-8-9-20-48-29-16-10-19-41-32(29)40)21-26(27)33(45)43(31(34(42)46)25-14-6-3-7-15-25)28(24-12-4-2-5-13-24)22-30(44)49-35(47)36(37,38)39/h2-7,10,12-19,21,28,31H,9,20,22H2,1H3,(H2,40,41). The van der Waals surface area contributed by atoms with Crippen LogP contribution >= 0.6 is 0 Å². The van der Waals surface area contributed by atoms with Crippen LogP contribution in [0.3, 0.4) is 0 Å². The molecule has 10 nitrogen and oxygen atoms in total. The Balaban J connectivity index is 1.54. The van der Waals surface area contributed by atoms with Crippen molar-refractivity contribution < 1.29 is 41.8 Å². The summed E-state index contributed by atoms with van der Waals surface area (Å²) < 4.78 is 48.7. The third kappa shape index (κ3) is 7.87. The lowest BCUT2D eigenvalue weighted by molar-refractivity contribution is -0.202. The average Bonchev–Trinajstić information content (AvgIpc) is 3.17. The van der Waals surface area contributed by atoms with Crippen LogP contribution in [0.15, 0.2) is 97.2 Å². The van der Waals surface area contributed by atoms with Gasteiger partial charge in [-0.1, -0.05) is 72.5 Å². The zero-order valence-electron chi connectivity index (χ0n) is 26.0. The number of likely N-dealkylation sites (N-methyl/N-ethyl adjacent to an activating group) is 1. The number of aromatic nitrogens is 1. The summed E-state index contributed by atoms with van der Waals surface area (Å²) in [7, 11) is 1.49. The number of hydrogen-bond donors (Lipinski definition) is 1. The Morgan fingerprint density at radius 1 is 0.980 bits per heavy atom. The lowest BCUT2D eigenvalue weighted by Gasteiger charge is -2.36. The van der Waals surface area contributed by atoms with Gasteiger partial charge in [-0.3, -0.25) is 14.4 Å². The second-order valence-electron chi connectivity index (χ2n) is 10.8. The number of fused-ring (bicyclic) bond motifs is 1. The van der Waals surface area contributed by atoms with Crippen molar-refractivity contribution in [3.05, 3.63) is 119 Å². The largest absolute Gasteiger partial charge is 0.491 e. The fourth-order valence-corrected chi connectivity index (χ4v) is 5.33. The molecule has 0 saturated carbocycles. The van der Waals surface area contributed by atoms with E-state index < -0.39 is 48.4 Å². The zero-order chi connectivity index (χ0) is 35.1. The summed E-state index contributed by atoms with van der Waals surface area (Å²) in [6, 6.07) is 21.7. The van der Waals surface area contributed by atoms with Gasteiger partial charge in [-0.2, -0.15) is 13.2 Å². The number of benzene rings is 3. The number of ether oxygens (including phenoxy) is 2. The molecule has 13 heteroatoms. The molecule has 0 radical (unpaired) electrons. The second-order valence-corrected chi connectivity index (χ2v) is 10.8. The predicted molar refractivity (Wildman–Crippen MR) is 172 cm³/mol. The van der Waals surface area contributed by atoms with Crippen LogP contribution in [-0.2, 0) is 19.1 Å². The molecule has 5 rings (SSSR count). The smallest absolute Gasteiger partial charge is 0.489 e. The number of pyridine rings is 1. The van der Waals surface area contributed by atoms with Gasteiger partial charge in [0, 0.05) is 25.2 Å². The van der Waals surface area contributed by atoms with Crippen LogP contribution in [-0.4, -0.2) is 53.5 Å². The minimum absolute atomic E-state index is 0.0566. The molecule has 2 unspecified atom stereocenters. The summed E-state index contributed by atoms with van der Waals surface area (Å²) in [5.41, 5.74) is 7.24. The summed E-state index contributed by atoms with van der Waals surface area (Å²) in [4.78, 5) is 59.7. The van der Waals surface area contributed by atoms with Crippen LogP contribution in [0.4, 0.5) is 24.7 Å². The molecular weight excluding hydrogens is 641 g/mol. The van der Waals surface area contributed by atoms with Crippen LogP contribution in [0.1, 0.15) is 52.0 Å². The summed E-state index contributed by atoms with van der Waals surface area (Å²) in [5.74, 6) is 1.13. The Hall–Kier alpha value is -6.16. The van der Waals surface area contributed by atoms with Gasteiger partial charge in [-0.25, -0.2) is 9.78 Å². The molecule has 250 valence electrons. The lowest BCUT2D eigenvalue weighted by atomic mass is 9.95. The highest BCUT2D eigenvalue weighted by Crippen LogP contribution is 2.41. The predicted octanol–water partition coefficient (Wildman–Crippen LogP) is 5.41. The summed E-state index contributed by atoms with van der Waals surface area (Å²) >= 11 is 0. The molecule has 2 N–H and O–H groups in total. The number of amides is 2. The molecule has 0 fully saturated rings. The summed E-state index contributed by atoms with van der Waals surface area (Å²) in [5, 5.41) is 0. The van der Waals surface area contributed by atoms with E-state index in [4.69, 9.17) is 10.5 Å². The van der Waals surface area contributed by atoms with E-state index in [1.54, 1.807) is 91.1 Å². The van der Waals surface area contributed by atoms with Crippen molar-refractivity contribution in [3.63, 3.8) is 0 Å². The van der Waals surface area contributed by atoms with Crippen molar-refractivity contribution in [2.45, 2.75) is 31.1 Å². The van der Waals surface area contributed by atoms with E-state index in [1.165, 1.54) is 18.0 Å². The van der Waals surface area contributed by atoms with Crippen LogP contribution in [0.25, 0.3) is 0 Å².